The minimum atomic E-state index is -0.458. The molecule has 0 bridgehead atoms. The topological polar surface area (TPSA) is 95.0 Å². The summed E-state index contributed by atoms with van der Waals surface area (Å²) in [7, 11) is 1.69. The molecule has 1 unspecified atom stereocenters. The Kier molecular flexibility index (Phi) is 6.98. The summed E-state index contributed by atoms with van der Waals surface area (Å²) in [6.07, 6.45) is 0. The molecule has 0 aliphatic rings. The Bertz CT molecular complexity index is 692. The molecule has 1 heterocycles. The second-order valence-electron chi connectivity index (χ2n) is 4.72. The molecule has 0 fully saturated rings. The molecule has 130 valence electrons. The number of aliphatic hydroxyl groups is 1. The van der Waals surface area contributed by atoms with Crippen LogP contribution in [0.4, 0.5) is 16.3 Å². The first-order valence-electron chi connectivity index (χ1n) is 7.18. The van der Waals surface area contributed by atoms with Crippen LogP contribution in [0.5, 0.6) is 0 Å². The van der Waals surface area contributed by atoms with Crippen molar-refractivity contribution >= 4 is 35.3 Å². The maximum Gasteiger partial charge on any atom is 0.243 e. The van der Waals surface area contributed by atoms with Crippen molar-refractivity contribution in [3.05, 3.63) is 34.6 Å². The van der Waals surface area contributed by atoms with Crippen molar-refractivity contribution in [2.75, 3.05) is 30.9 Å². The molecular formula is C14H18ClFN6OS. The van der Waals surface area contributed by atoms with Crippen LogP contribution in [-0.4, -0.2) is 40.3 Å². The van der Waals surface area contributed by atoms with Crippen molar-refractivity contribution in [1.82, 2.24) is 20.4 Å². The molecule has 1 aromatic carbocycles. The molecule has 0 amide bonds. The number of nitrogens with zero attached hydrogens (tertiary/aromatic N) is 3. The van der Waals surface area contributed by atoms with Gasteiger partial charge in [-0.05, 0) is 24.6 Å². The highest BCUT2D eigenvalue weighted by atomic mass is 35.5. The first kappa shape index (κ1) is 18.7. The number of rotatable bonds is 8. The van der Waals surface area contributed by atoms with Crippen LogP contribution in [0.3, 0.4) is 0 Å². The third kappa shape index (κ3) is 5.17. The number of hydrazine groups is 1. The van der Waals surface area contributed by atoms with E-state index in [1.54, 1.807) is 13.1 Å². The van der Waals surface area contributed by atoms with Crippen LogP contribution in [0.1, 0.15) is 17.7 Å². The van der Waals surface area contributed by atoms with Crippen LogP contribution in [-0.2, 0) is 0 Å². The van der Waals surface area contributed by atoms with Crippen molar-refractivity contribution < 1.29 is 9.50 Å². The number of thioether (sulfide) groups is 1. The minimum absolute atomic E-state index is 0.0383. The molecule has 0 spiro atoms. The van der Waals surface area contributed by atoms with Gasteiger partial charge in [-0.2, -0.15) is 15.0 Å². The maximum atomic E-state index is 13.6. The largest absolute Gasteiger partial charge is 0.395 e. The van der Waals surface area contributed by atoms with E-state index in [-0.39, 0.29) is 16.9 Å². The van der Waals surface area contributed by atoms with Crippen molar-refractivity contribution in [3.63, 3.8) is 0 Å². The minimum Gasteiger partial charge on any atom is -0.395 e. The first-order chi connectivity index (χ1) is 11.5. The monoisotopic (exact) mass is 372 g/mol. The zero-order valence-electron chi connectivity index (χ0n) is 13.2. The fraction of sp³-hybridized carbons (Fsp3) is 0.357. The van der Waals surface area contributed by atoms with E-state index in [0.29, 0.717) is 23.6 Å². The maximum absolute atomic E-state index is 13.6. The molecule has 2 aromatic rings. The van der Waals surface area contributed by atoms with E-state index in [9.17, 15) is 4.39 Å². The number of hydrogen-bond donors (Lipinski definition) is 4. The number of anilines is 2. The zero-order chi connectivity index (χ0) is 17.5. The number of nitrogens with one attached hydrogen (secondary N) is 3. The van der Waals surface area contributed by atoms with Gasteiger partial charge in [-0.3, -0.25) is 5.43 Å². The van der Waals surface area contributed by atoms with Crippen molar-refractivity contribution in [2.45, 2.75) is 17.3 Å². The van der Waals surface area contributed by atoms with Gasteiger partial charge in [0, 0.05) is 18.8 Å². The standard InChI is InChI=1S/C14H18ClFN6OS/c1-8(9-3-4-10(15)11(16)7-9)24-14-20-12(18-5-6-23)19-13(21-14)22-17-2/h3-4,7-8,17,23H,5-6H2,1-2H3,(H2,18,19,20,21,22). The molecule has 4 N–H and O–H groups in total. The van der Waals surface area contributed by atoms with Gasteiger partial charge in [0.05, 0.1) is 11.6 Å². The van der Waals surface area contributed by atoms with Gasteiger partial charge in [0.25, 0.3) is 0 Å². The third-order valence-electron chi connectivity index (χ3n) is 2.94. The van der Waals surface area contributed by atoms with Crippen molar-refractivity contribution in [1.29, 1.82) is 0 Å². The van der Waals surface area contributed by atoms with Crippen LogP contribution >= 0.6 is 23.4 Å². The smallest absolute Gasteiger partial charge is 0.243 e. The van der Waals surface area contributed by atoms with E-state index in [4.69, 9.17) is 16.7 Å². The third-order valence-corrected chi connectivity index (χ3v) is 4.27. The summed E-state index contributed by atoms with van der Waals surface area (Å²) in [5.74, 6) is 0.221. The van der Waals surface area contributed by atoms with Crippen LogP contribution in [0.2, 0.25) is 5.02 Å². The lowest BCUT2D eigenvalue weighted by Crippen LogP contribution is -2.19. The van der Waals surface area contributed by atoms with Crippen LogP contribution in [0.25, 0.3) is 0 Å². The number of benzene rings is 1. The fourth-order valence-corrected chi connectivity index (χ4v) is 2.81. The molecule has 0 aliphatic heterocycles. The van der Waals surface area contributed by atoms with Crippen molar-refractivity contribution in [3.8, 4) is 0 Å². The predicted molar refractivity (Wildman–Crippen MR) is 93.8 cm³/mol. The Morgan fingerprint density at radius 1 is 1.29 bits per heavy atom. The molecule has 2 rings (SSSR count). The Morgan fingerprint density at radius 2 is 2.04 bits per heavy atom. The predicted octanol–water partition coefficient (Wildman–Crippen LogP) is 2.47. The summed E-state index contributed by atoms with van der Waals surface area (Å²) in [5.41, 5.74) is 6.30. The SMILES string of the molecule is CNNc1nc(NCCO)nc(SC(C)c2ccc(Cl)c(F)c2)n1. The van der Waals surface area contributed by atoms with Crippen LogP contribution in [0.15, 0.2) is 23.4 Å². The van der Waals surface area contributed by atoms with Gasteiger partial charge in [-0.1, -0.05) is 29.4 Å². The van der Waals surface area contributed by atoms with Crippen LogP contribution in [0, 0.1) is 5.82 Å². The fourth-order valence-electron chi connectivity index (χ4n) is 1.82. The van der Waals surface area contributed by atoms with E-state index in [1.807, 2.05) is 6.92 Å². The second kappa shape index (κ2) is 8.97. The highest BCUT2D eigenvalue weighted by molar-refractivity contribution is 7.99. The second-order valence-corrected chi connectivity index (χ2v) is 6.44. The van der Waals surface area contributed by atoms with E-state index < -0.39 is 5.82 Å². The highest BCUT2D eigenvalue weighted by Crippen LogP contribution is 2.34. The van der Waals surface area contributed by atoms with E-state index in [2.05, 4.69) is 31.1 Å². The molecule has 1 aromatic heterocycles. The Hall–Kier alpha value is -1.68. The molecule has 7 nitrogen and oxygen atoms in total. The normalized spacial score (nSPS) is 12.0. The Balaban J connectivity index is 2.19. The molecular weight excluding hydrogens is 355 g/mol. The van der Waals surface area contributed by atoms with Gasteiger partial charge < -0.3 is 10.4 Å². The summed E-state index contributed by atoms with van der Waals surface area (Å²) in [6.45, 7) is 2.21. The number of aromatic nitrogens is 3. The lowest BCUT2D eigenvalue weighted by atomic mass is 10.2. The molecule has 0 saturated carbocycles. The number of halogens is 2. The lowest BCUT2D eigenvalue weighted by Gasteiger charge is -2.13. The molecule has 10 heteroatoms. The van der Waals surface area contributed by atoms with Gasteiger partial charge in [0.1, 0.15) is 5.82 Å². The average Bonchev–Trinajstić information content (AvgIpc) is 2.55. The lowest BCUT2D eigenvalue weighted by molar-refractivity contribution is 0.310. The zero-order valence-corrected chi connectivity index (χ0v) is 14.7. The van der Waals surface area contributed by atoms with Gasteiger partial charge in [0.2, 0.25) is 11.9 Å². The van der Waals surface area contributed by atoms with E-state index >= 15 is 0 Å². The summed E-state index contributed by atoms with van der Waals surface area (Å²) >= 11 is 7.07. The Labute approximate surface area is 148 Å². The average molecular weight is 373 g/mol. The molecule has 1 atom stereocenters. The molecule has 0 aliphatic carbocycles. The van der Waals surface area contributed by atoms with E-state index in [0.717, 1.165) is 5.56 Å². The Morgan fingerprint density at radius 3 is 2.71 bits per heavy atom. The quantitative estimate of drug-likeness (QED) is 0.414. The molecule has 0 saturated heterocycles. The molecule has 24 heavy (non-hydrogen) atoms. The van der Waals surface area contributed by atoms with Gasteiger partial charge in [0.15, 0.2) is 5.16 Å². The molecule has 0 radical (unpaired) electrons. The summed E-state index contributed by atoms with van der Waals surface area (Å²) in [5, 5.41) is 12.3. The first-order valence-corrected chi connectivity index (χ1v) is 8.44. The van der Waals surface area contributed by atoms with Gasteiger partial charge >= 0.3 is 0 Å². The summed E-state index contributed by atoms with van der Waals surface area (Å²) in [4.78, 5) is 12.7. The van der Waals surface area contributed by atoms with Crippen LogP contribution < -0.4 is 16.2 Å². The van der Waals surface area contributed by atoms with E-state index in [1.165, 1.54) is 23.9 Å². The number of aliphatic hydroxyl groups excluding tert-OH is 1. The number of hydrogen-bond acceptors (Lipinski definition) is 8. The summed E-state index contributed by atoms with van der Waals surface area (Å²) < 4.78 is 13.6. The van der Waals surface area contributed by atoms with Gasteiger partial charge in [-0.15, -0.1) is 0 Å². The highest BCUT2D eigenvalue weighted by Gasteiger charge is 2.14. The summed E-state index contributed by atoms with van der Waals surface area (Å²) in [6, 6.07) is 4.69. The van der Waals surface area contributed by atoms with Crippen molar-refractivity contribution in [2.24, 2.45) is 0 Å². The van der Waals surface area contributed by atoms with Gasteiger partial charge in [-0.25, -0.2) is 9.82 Å².